The van der Waals surface area contributed by atoms with E-state index >= 15 is 0 Å². The fraction of sp³-hybridized carbons (Fsp3) is 0.556. The molecule has 0 radical (unpaired) electrons. The van der Waals surface area contributed by atoms with Gasteiger partial charge in [-0.2, -0.15) is 0 Å². The van der Waals surface area contributed by atoms with Gasteiger partial charge in [0.15, 0.2) is 5.82 Å². The topological polar surface area (TPSA) is 76.2 Å². The van der Waals surface area contributed by atoms with E-state index in [-0.39, 0.29) is 5.56 Å². The van der Waals surface area contributed by atoms with Gasteiger partial charge in [0, 0.05) is 26.0 Å². The van der Waals surface area contributed by atoms with Crippen molar-refractivity contribution in [2.75, 3.05) is 38.8 Å². The fourth-order valence-electron chi connectivity index (χ4n) is 0.964. The summed E-state index contributed by atoms with van der Waals surface area (Å²) in [6.07, 6.45) is 3.01. The van der Waals surface area contributed by atoms with Crippen LogP contribution in [0.1, 0.15) is 0 Å². The maximum absolute atomic E-state index is 11.1. The second-order valence-corrected chi connectivity index (χ2v) is 2.80. The summed E-state index contributed by atoms with van der Waals surface area (Å²) in [7, 11) is 1.62. The van der Waals surface area contributed by atoms with Crippen LogP contribution in [0.15, 0.2) is 17.2 Å². The molecule has 0 atom stereocenters. The summed E-state index contributed by atoms with van der Waals surface area (Å²) in [5, 5.41) is 2.87. The highest BCUT2D eigenvalue weighted by Crippen LogP contribution is 1.88. The molecule has 0 aliphatic carbocycles. The second kappa shape index (κ2) is 6.97. The molecule has 0 aliphatic rings. The number of rotatable bonds is 7. The summed E-state index contributed by atoms with van der Waals surface area (Å²) in [4.78, 5) is 17.5. The lowest BCUT2D eigenvalue weighted by Gasteiger charge is -2.05. The molecule has 6 nitrogen and oxygen atoms in total. The molecule has 1 aromatic heterocycles. The highest BCUT2D eigenvalue weighted by atomic mass is 16.5. The smallest absolute Gasteiger partial charge is 0.290 e. The van der Waals surface area contributed by atoms with Crippen LogP contribution in [-0.4, -0.2) is 43.4 Å². The Morgan fingerprint density at radius 3 is 3.07 bits per heavy atom. The number of ether oxygens (including phenoxy) is 2. The van der Waals surface area contributed by atoms with Crippen LogP contribution in [0.3, 0.4) is 0 Å². The Morgan fingerprint density at radius 2 is 2.33 bits per heavy atom. The van der Waals surface area contributed by atoms with Gasteiger partial charge in [-0.1, -0.05) is 0 Å². The van der Waals surface area contributed by atoms with Crippen molar-refractivity contribution in [1.29, 1.82) is 0 Å². The molecule has 0 saturated heterocycles. The van der Waals surface area contributed by atoms with E-state index < -0.39 is 0 Å². The van der Waals surface area contributed by atoms with Crippen LogP contribution in [0.4, 0.5) is 5.82 Å². The van der Waals surface area contributed by atoms with Gasteiger partial charge >= 0.3 is 0 Å². The molecule has 15 heavy (non-hydrogen) atoms. The zero-order valence-electron chi connectivity index (χ0n) is 8.66. The van der Waals surface area contributed by atoms with Crippen molar-refractivity contribution in [2.45, 2.75) is 0 Å². The number of hydrogen-bond donors (Lipinski definition) is 2. The summed E-state index contributed by atoms with van der Waals surface area (Å²) >= 11 is 0. The van der Waals surface area contributed by atoms with Crippen molar-refractivity contribution in [1.82, 2.24) is 9.97 Å². The van der Waals surface area contributed by atoms with Crippen LogP contribution in [0.2, 0.25) is 0 Å². The van der Waals surface area contributed by atoms with Crippen molar-refractivity contribution >= 4 is 5.82 Å². The molecule has 1 aromatic rings. The largest absolute Gasteiger partial charge is 0.382 e. The standard InChI is InChI=1S/C9H15N3O3/c1-14-6-7-15-5-4-11-8-9(13)12-3-2-10-8/h2-3H,4-7H2,1H3,(H,10,11)(H,12,13). The summed E-state index contributed by atoms with van der Waals surface area (Å²) in [6, 6.07) is 0. The van der Waals surface area contributed by atoms with Gasteiger partial charge in [0.2, 0.25) is 0 Å². The first-order valence-corrected chi connectivity index (χ1v) is 4.69. The lowest BCUT2D eigenvalue weighted by molar-refractivity contribution is 0.0759. The molecule has 0 aromatic carbocycles. The van der Waals surface area contributed by atoms with Crippen molar-refractivity contribution in [3.8, 4) is 0 Å². The number of H-pyrrole nitrogens is 1. The fourth-order valence-corrected chi connectivity index (χ4v) is 0.964. The zero-order chi connectivity index (χ0) is 10.9. The van der Waals surface area contributed by atoms with Crippen molar-refractivity contribution < 1.29 is 9.47 Å². The first kappa shape index (κ1) is 11.7. The minimum atomic E-state index is -0.227. The van der Waals surface area contributed by atoms with E-state index in [1.807, 2.05) is 0 Å². The number of nitrogens with zero attached hydrogens (tertiary/aromatic N) is 1. The van der Waals surface area contributed by atoms with Crippen LogP contribution >= 0.6 is 0 Å². The first-order chi connectivity index (χ1) is 7.34. The van der Waals surface area contributed by atoms with Gasteiger partial charge in [0.1, 0.15) is 0 Å². The third-order valence-corrected chi connectivity index (χ3v) is 1.68. The SMILES string of the molecule is COCCOCCNc1ncc[nH]c1=O. The maximum Gasteiger partial charge on any atom is 0.290 e. The van der Waals surface area contributed by atoms with E-state index in [1.54, 1.807) is 7.11 Å². The third-order valence-electron chi connectivity index (χ3n) is 1.68. The minimum Gasteiger partial charge on any atom is -0.382 e. The number of aromatic amines is 1. The van der Waals surface area contributed by atoms with E-state index in [2.05, 4.69) is 15.3 Å². The minimum absolute atomic E-state index is 0.227. The summed E-state index contributed by atoms with van der Waals surface area (Å²) in [5.41, 5.74) is -0.227. The molecule has 1 heterocycles. The zero-order valence-corrected chi connectivity index (χ0v) is 8.66. The average Bonchev–Trinajstić information content (AvgIpc) is 2.25. The molecule has 0 saturated carbocycles. The van der Waals surface area contributed by atoms with E-state index in [4.69, 9.17) is 9.47 Å². The average molecular weight is 213 g/mol. The molecule has 0 fully saturated rings. The molecule has 2 N–H and O–H groups in total. The first-order valence-electron chi connectivity index (χ1n) is 4.69. The van der Waals surface area contributed by atoms with Gasteiger partial charge < -0.3 is 19.8 Å². The monoisotopic (exact) mass is 213 g/mol. The van der Waals surface area contributed by atoms with Crippen LogP contribution in [0, 0.1) is 0 Å². The maximum atomic E-state index is 11.1. The quantitative estimate of drug-likeness (QED) is 0.616. The molecule has 0 unspecified atom stereocenters. The molecule has 84 valence electrons. The lowest BCUT2D eigenvalue weighted by Crippen LogP contribution is -2.19. The van der Waals surface area contributed by atoms with E-state index in [1.165, 1.54) is 12.4 Å². The van der Waals surface area contributed by atoms with Crippen molar-refractivity contribution in [3.05, 3.63) is 22.7 Å². The second-order valence-electron chi connectivity index (χ2n) is 2.80. The van der Waals surface area contributed by atoms with Crippen molar-refractivity contribution in [3.63, 3.8) is 0 Å². The highest BCUT2D eigenvalue weighted by Gasteiger charge is 1.97. The molecule has 0 spiro atoms. The summed E-state index contributed by atoms with van der Waals surface area (Å²) in [5.74, 6) is 0.313. The Bertz CT molecular complexity index is 326. The van der Waals surface area contributed by atoms with E-state index in [9.17, 15) is 4.79 Å². The molecule has 0 amide bonds. The Balaban J connectivity index is 2.15. The molecule has 1 rings (SSSR count). The van der Waals surface area contributed by atoms with Crippen LogP contribution in [0.5, 0.6) is 0 Å². The Hall–Kier alpha value is -1.40. The molecule has 0 aliphatic heterocycles. The van der Waals surface area contributed by atoms with Gasteiger partial charge in [-0.3, -0.25) is 4.79 Å². The Kier molecular flexibility index (Phi) is 5.42. The lowest BCUT2D eigenvalue weighted by atomic mass is 10.6. The number of aromatic nitrogens is 2. The van der Waals surface area contributed by atoms with Gasteiger partial charge in [0.05, 0.1) is 19.8 Å². The molecular weight excluding hydrogens is 198 g/mol. The van der Waals surface area contributed by atoms with Crippen LogP contribution in [-0.2, 0) is 9.47 Å². The van der Waals surface area contributed by atoms with Crippen LogP contribution in [0.25, 0.3) is 0 Å². The molecular formula is C9H15N3O3. The molecule has 6 heteroatoms. The Labute approximate surface area is 87.6 Å². The predicted molar refractivity (Wildman–Crippen MR) is 56.0 cm³/mol. The summed E-state index contributed by atoms with van der Waals surface area (Å²) in [6.45, 7) is 2.18. The number of anilines is 1. The number of hydrogen-bond acceptors (Lipinski definition) is 5. The van der Waals surface area contributed by atoms with E-state index in [0.29, 0.717) is 32.2 Å². The van der Waals surface area contributed by atoms with Gasteiger partial charge in [-0.05, 0) is 0 Å². The van der Waals surface area contributed by atoms with E-state index in [0.717, 1.165) is 0 Å². The normalized spacial score (nSPS) is 10.2. The van der Waals surface area contributed by atoms with Gasteiger partial charge in [-0.25, -0.2) is 4.98 Å². The third kappa shape index (κ3) is 4.57. The molecule has 0 bridgehead atoms. The van der Waals surface area contributed by atoms with Gasteiger partial charge in [-0.15, -0.1) is 0 Å². The van der Waals surface area contributed by atoms with Gasteiger partial charge in [0.25, 0.3) is 5.56 Å². The predicted octanol–water partition coefficient (Wildman–Crippen LogP) is -0.155. The summed E-state index contributed by atoms with van der Waals surface area (Å²) < 4.78 is 10.0. The number of nitrogens with one attached hydrogen (secondary N) is 2. The van der Waals surface area contributed by atoms with Crippen molar-refractivity contribution in [2.24, 2.45) is 0 Å². The highest BCUT2D eigenvalue weighted by molar-refractivity contribution is 5.29. The Morgan fingerprint density at radius 1 is 1.47 bits per heavy atom. The number of methoxy groups -OCH3 is 1. The van der Waals surface area contributed by atoms with Crippen LogP contribution < -0.4 is 10.9 Å².